The van der Waals surface area contributed by atoms with E-state index in [4.69, 9.17) is 23.2 Å². The molecule has 1 N–H and O–H groups in total. The first-order valence-electron chi connectivity index (χ1n) is 11.8. The van der Waals surface area contributed by atoms with Crippen molar-refractivity contribution in [1.82, 2.24) is 10.2 Å². The van der Waals surface area contributed by atoms with Crippen molar-refractivity contribution in [3.8, 4) is 0 Å². The van der Waals surface area contributed by atoms with E-state index < -0.39 is 28.5 Å². The molecule has 0 aliphatic carbocycles. The second kappa shape index (κ2) is 12.8. The van der Waals surface area contributed by atoms with Crippen LogP contribution in [-0.2, 0) is 26.2 Å². The second-order valence-electron chi connectivity index (χ2n) is 9.44. The number of carbonyl (C=O) groups excluding carboxylic acids is 2. The number of rotatable bonds is 11. The fourth-order valence-electron chi connectivity index (χ4n) is 3.88. The van der Waals surface area contributed by atoms with Crippen molar-refractivity contribution in [2.45, 2.75) is 53.6 Å². The molecule has 0 radical (unpaired) electrons. The molecule has 0 unspecified atom stereocenters. The van der Waals surface area contributed by atoms with Crippen LogP contribution in [0.1, 0.15) is 43.9 Å². The lowest BCUT2D eigenvalue weighted by Gasteiger charge is -2.33. The van der Waals surface area contributed by atoms with Crippen LogP contribution in [0.3, 0.4) is 0 Å². The number of halogens is 2. The summed E-state index contributed by atoms with van der Waals surface area (Å²) in [7, 11) is -3.80. The molecule has 2 aromatic rings. The van der Waals surface area contributed by atoms with E-state index in [2.05, 4.69) is 5.32 Å². The highest BCUT2D eigenvalue weighted by Crippen LogP contribution is 2.25. The van der Waals surface area contributed by atoms with E-state index in [0.29, 0.717) is 34.3 Å². The maximum absolute atomic E-state index is 13.7. The average Bonchev–Trinajstić information content (AvgIpc) is 2.75. The Morgan fingerprint density at radius 1 is 1.03 bits per heavy atom. The number of carbonyl (C=O) groups is 2. The molecule has 2 rings (SSSR count). The zero-order valence-corrected chi connectivity index (χ0v) is 24.0. The molecule has 0 saturated heterocycles. The zero-order chi connectivity index (χ0) is 27.2. The van der Waals surface area contributed by atoms with Gasteiger partial charge in [-0.2, -0.15) is 0 Å². The summed E-state index contributed by atoms with van der Waals surface area (Å²) >= 11 is 12.4. The topological polar surface area (TPSA) is 86.8 Å². The van der Waals surface area contributed by atoms with E-state index >= 15 is 0 Å². The van der Waals surface area contributed by atoms with E-state index in [1.165, 1.54) is 4.90 Å². The Hall–Kier alpha value is -2.29. The van der Waals surface area contributed by atoms with Gasteiger partial charge in [-0.25, -0.2) is 8.42 Å². The Morgan fingerprint density at radius 3 is 2.14 bits per heavy atom. The number of amides is 2. The summed E-state index contributed by atoms with van der Waals surface area (Å²) < 4.78 is 26.6. The first-order chi connectivity index (χ1) is 16.7. The Labute approximate surface area is 224 Å². The molecule has 0 aromatic heterocycles. The molecule has 36 heavy (non-hydrogen) atoms. The SMILES string of the molecule is CC[C@@H](C(=O)NCC(C)C)N(Cc1ccc(Cl)cc1Cl)C(=O)CN(c1cc(C)cc(C)c1)S(C)(=O)=O. The third kappa shape index (κ3) is 8.39. The van der Waals surface area contributed by atoms with Crippen molar-refractivity contribution >= 4 is 50.7 Å². The molecule has 0 saturated carbocycles. The summed E-state index contributed by atoms with van der Waals surface area (Å²) in [5.41, 5.74) is 2.73. The van der Waals surface area contributed by atoms with Gasteiger partial charge in [0, 0.05) is 23.1 Å². The number of nitrogens with zero attached hydrogens (tertiary/aromatic N) is 2. The van der Waals surface area contributed by atoms with Gasteiger partial charge in [-0.15, -0.1) is 0 Å². The van der Waals surface area contributed by atoms with Gasteiger partial charge in [0.1, 0.15) is 12.6 Å². The van der Waals surface area contributed by atoms with Crippen LogP contribution >= 0.6 is 23.2 Å². The van der Waals surface area contributed by atoms with Crippen LogP contribution in [0.2, 0.25) is 10.0 Å². The monoisotopic (exact) mass is 555 g/mol. The molecule has 198 valence electrons. The Kier molecular flexibility index (Phi) is 10.6. The predicted molar refractivity (Wildman–Crippen MR) is 147 cm³/mol. The van der Waals surface area contributed by atoms with Gasteiger partial charge in [0.15, 0.2) is 0 Å². The number of hydrogen-bond donors (Lipinski definition) is 1. The Morgan fingerprint density at radius 2 is 1.64 bits per heavy atom. The molecule has 0 heterocycles. The van der Waals surface area contributed by atoms with Crippen LogP contribution in [0.5, 0.6) is 0 Å². The fourth-order valence-corrected chi connectivity index (χ4v) is 5.19. The molecule has 0 bridgehead atoms. The minimum atomic E-state index is -3.80. The summed E-state index contributed by atoms with van der Waals surface area (Å²) in [5, 5.41) is 3.69. The van der Waals surface area contributed by atoms with Gasteiger partial charge < -0.3 is 10.2 Å². The molecule has 0 aliphatic heterocycles. The largest absolute Gasteiger partial charge is 0.354 e. The molecule has 0 spiro atoms. The van der Waals surface area contributed by atoms with Gasteiger partial charge in [-0.05, 0) is 67.1 Å². The minimum Gasteiger partial charge on any atom is -0.354 e. The Balaban J connectivity index is 2.49. The van der Waals surface area contributed by atoms with Crippen LogP contribution < -0.4 is 9.62 Å². The van der Waals surface area contributed by atoms with Crippen LogP contribution in [0.15, 0.2) is 36.4 Å². The van der Waals surface area contributed by atoms with E-state index in [9.17, 15) is 18.0 Å². The van der Waals surface area contributed by atoms with Crippen LogP contribution in [0, 0.1) is 19.8 Å². The van der Waals surface area contributed by atoms with Crippen LogP contribution in [0.25, 0.3) is 0 Å². The molecule has 10 heteroatoms. The summed E-state index contributed by atoms with van der Waals surface area (Å²) in [6.45, 7) is 9.50. The number of nitrogens with one attached hydrogen (secondary N) is 1. The lowest BCUT2D eigenvalue weighted by atomic mass is 10.1. The molecule has 2 aromatic carbocycles. The molecule has 7 nitrogen and oxygen atoms in total. The normalized spacial score (nSPS) is 12.4. The summed E-state index contributed by atoms with van der Waals surface area (Å²) in [5.74, 6) is -0.592. The maximum atomic E-state index is 13.7. The Bertz CT molecular complexity index is 1180. The van der Waals surface area contributed by atoms with E-state index in [1.54, 1.807) is 30.3 Å². The first kappa shape index (κ1) is 29.9. The summed E-state index contributed by atoms with van der Waals surface area (Å²) in [6.07, 6.45) is 1.40. The van der Waals surface area contributed by atoms with Crippen molar-refractivity contribution in [1.29, 1.82) is 0 Å². The van der Waals surface area contributed by atoms with Gasteiger partial charge in [-0.1, -0.05) is 56.1 Å². The molecule has 1 atom stereocenters. The standard InChI is InChI=1S/C26H35Cl2N3O4S/c1-7-24(26(33)29-14-17(2)3)30(15-20-8-9-21(27)13-23(20)28)25(32)16-31(36(6,34)35)22-11-18(4)10-19(5)12-22/h8-13,17,24H,7,14-16H2,1-6H3,(H,29,33)/t24-/m0/s1. The highest BCUT2D eigenvalue weighted by Gasteiger charge is 2.32. The van der Waals surface area contributed by atoms with Crippen LogP contribution in [0.4, 0.5) is 5.69 Å². The van der Waals surface area contributed by atoms with Crippen LogP contribution in [-0.4, -0.2) is 50.5 Å². The van der Waals surface area contributed by atoms with Crippen molar-refractivity contribution in [2.75, 3.05) is 23.7 Å². The van der Waals surface area contributed by atoms with Gasteiger partial charge >= 0.3 is 0 Å². The quantitative estimate of drug-likeness (QED) is 0.424. The fraction of sp³-hybridized carbons (Fsp3) is 0.462. The molecular weight excluding hydrogens is 521 g/mol. The predicted octanol–water partition coefficient (Wildman–Crippen LogP) is 4.96. The van der Waals surface area contributed by atoms with Crippen molar-refractivity contribution in [3.63, 3.8) is 0 Å². The van der Waals surface area contributed by atoms with Crippen molar-refractivity contribution < 1.29 is 18.0 Å². The number of anilines is 1. The van der Waals surface area contributed by atoms with E-state index in [1.807, 2.05) is 40.7 Å². The highest BCUT2D eigenvalue weighted by molar-refractivity contribution is 7.92. The lowest BCUT2D eigenvalue weighted by molar-refractivity contribution is -0.140. The van der Waals surface area contributed by atoms with Gasteiger partial charge in [0.25, 0.3) is 0 Å². The molecular formula is C26H35Cl2N3O4S. The average molecular weight is 557 g/mol. The third-order valence-corrected chi connectivity index (χ3v) is 7.33. The number of sulfonamides is 1. The summed E-state index contributed by atoms with van der Waals surface area (Å²) in [6, 6.07) is 9.46. The number of aryl methyl sites for hydroxylation is 2. The van der Waals surface area contributed by atoms with Gasteiger partial charge in [-0.3, -0.25) is 13.9 Å². The third-order valence-electron chi connectivity index (χ3n) is 5.60. The van der Waals surface area contributed by atoms with Crippen molar-refractivity contribution in [3.05, 3.63) is 63.1 Å². The highest BCUT2D eigenvalue weighted by atomic mass is 35.5. The van der Waals surface area contributed by atoms with Gasteiger partial charge in [0.05, 0.1) is 11.9 Å². The first-order valence-corrected chi connectivity index (χ1v) is 14.4. The second-order valence-corrected chi connectivity index (χ2v) is 12.2. The van der Waals surface area contributed by atoms with E-state index in [0.717, 1.165) is 21.7 Å². The minimum absolute atomic E-state index is 0.0207. The van der Waals surface area contributed by atoms with Crippen molar-refractivity contribution in [2.24, 2.45) is 5.92 Å². The maximum Gasteiger partial charge on any atom is 0.244 e. The number of benzene rings is 2. The molecule has 0 fully saturated rings. The summed E-state index contributed by atoms with van der Waals surface area (Å²) in [4.78, 5) is 28.2. The molecule has 2 amide bonds. The lowest BCUT2D eigenvalue weighted by Crippen LogP contribution is -2.52. The van der Waals surface area contributed by atoms with E-state index in [-0.39, 0.29) is 18.4 Å². The molecule has 0 aliphatic rings. The van der Waals surface area contributed by atoms with Gasteiger partial charge in [0.2, 0.25) is 21.8 Å². The number of hydrogen-bond acceptors (Lipinski definition) is 4. The smallest absolute Gasteiger partial charge is 0.244 e. The zero-order valence-electron chi connectivity index (χ0n) is 21.6.